The fraction of sp³-hybridized carbons (Fsp3) is 0.200. The number of fused-ring (bicyclic) bond motifs is 3. The van der Waals surface area contributed by atoms with E-state index in [2.05, 4.69) is 11.1 Å². The van der Waals surface area contributed by atoms with Gasteiger partial charge in [0.05, 0.1) is 12.8 Å². The zero-order valence-corrected chi connectivity index (χ0v) is 15.1. The molecule has 0 bridgehead atoms. The Balaban J connectivity index is 1.70. The normalized spacial score (nSPS) is 12.4. The van der Waals surface area contributed by atoms with Gasteiger partial charge in [0.25, 0.3) is 0 Å². The summed E-state index contributed by atoms with van der Waals surface area (Å²) in [5.41, 5.74) is 3.70. The van der Waals surface area contributed by atoms with Crippen molar-refractivity contribution in [2.24, 2.45) is 0 Å². The van der Waals surface area contributed by atoms with Crippen LogP contribution in [0, 0.1) is 5.82 Å². The Labute approximate surface area is 154 Å². The van der Waals surface area contributed by atoms with E-state index in [1.54, 1.807) is 23.8 Å². The molecule has 132 valence electrons. The van der Waals surface area contributed by atoms with Gasteiger partial charge in [-0.15, -0.1) is 11.8 Å². The highest BCUT2D eigenvalue weighted by molar-refractivity contribution is 7.98. The summed E-state index contributed by atoms with van der Waals surface area (Å²) >= 11 is 1.47. The summed E-state index contributed by atoms with van der Waals surface area (Å²) in [6, 6.07) is 14.2. The molecule has 1 aliphatic rings. The Kier molecular flexibility index (Phi) is 4.51. The molecule has 0 unspecified atom stereocenters. The molecule has 2 aromatic carbocycles. The first kappa shape index (κ1) is 16.8. The van der Waals surface area contributed by atoms with Crippen LogP contribution in [0.5, 0.6) is 5.75 Å². The van der Waals surface area contributed by atoms with Crippen LogP contribution in [0.1, 0.15) is 11.1 Å². The van der Waals surface area contributed by atoms with Crippen molar-refractivity contribution in [1.29, 1.82) is 0 Å². The highest BCUT2D eigenvalue weighted by atomic mass is 32.2. The minimum atomic E-state index is -0.257. The number of hydrogen-bond acceptors (Lipinski definition) is 4. The van der Waals surface area contributed by atoms with Gasteiger partial charge in [0.2, 0.25) is 0 Å². The molecule has 4 rings (SSSR count). The van der Waals surface area contributed by atoms with Gasteiger partial charge < -0.3 is 4.74 Å². The maximum atomic E-state index is 13.0. The lowest BCUT2D eigenvalue weighted by Gasteiger charge is -2.23. The van der Waals surface area contributed by atoms with E-state index < -0.39 is 0 Å². The van der Waals surface area contributed by atoms with Crippen molar-refractivity contribution >= 4 is 11.8 Å². The number of nitrogens with zero attached hydrogens (tertiary/aromatic N) is 2. The number of hydrogen-bond donors (Lipinski definition) is 0. The first-order valence-electron chi connectivity index (χ1n) is 8.31. The van der Waals surface area contributed by atoms with Gasteiger partial charge in [-0.2, -0.15) is 4.98 Å². The first-order chi connectivity index (χ1) is 12.7. The van der Waals surface area contributed by atoms with E-state index in [1.165, 1.54) is 29.5 Å². The molecule has 6 heteroatoms. The van der Waals surface area contributed by atoms with Gasteiger partial charge in [0, 0.05) is 17.9 Å². The fourth-order valence-corrected chi connectivity index (χ4v) is 4.04. The second-order valence-corrected chi connectivity index (χ2v) is 7.07. The van der Waals surface area contributed by atoms with Crippen LogP contribution in [0.4, 0.5) is 4.39 Å². The number of ether oxygens (including phenoxy) is 1. The third-order valence-electron chi connectivity index (χ3n) is 4.48. The molecule has 2 heterocycles. The third-order valence-corrected chi connectivity index (χ3v) is 5.46. The number of aromatic nitrogens is 2. The molecular formula is C20H17FN2O2S. The van der Waals surface area contributed by atoms with E-state index in [1.807, 2.05) is 18.2 Å². The monoisotopic (exact) mass is 368 g/mol. The van der Waals surface area contributed by atoms with Crippen molar-refractivity contribution in [2.75, 3.05) is 7.11 Å². The Hall–Kier alpha value is -2.60. The van der Waals surface area contributed by atoms with Gasteiger partial charge >= 0.3 is 5.69 Å². The van der Waals surface area contributed by atoms with Gasteiger partial charge in [-0.25, -0.2) is 9.18 Å². The predicted molar refractivity (Wildman–Crippen MR) is 100 cm³/mol. The van der Waals surface area contributed by atoms with Gasteiger partial charge in [0.1, 0.15) is 16.6 Å². The second-order valence-electron chi connectivity index (χ2n) is 6.07. The topological polar surface area (TPSA) is 44.1 Å². The predicted octanol–water partition coefficient (Wildman–Crippen LogP) is 3.91. The van der Waals surface area contributed by atoms with E-state index in [0.29, 0.717) is 17.3 Å². The quantitative estimate of drug-likeness (QED) is 0.517. The molecule has 4 nitrogen and oxygen atoms in total. The molecular weight excluding hydrogens is 351 g/mol. The Morgan fingerprint density at radius 1 is 1.23 bits per heavy atom. The van der Waals surface area contributed by atoms with Crippen molar-refractivity contribution in [3.63, 3.8) is 0 Å². The van der Waals surface area contributed by atoms with Crippen molar-refractivity contribution < 1.29 is 9.13 Å². The second kappa shape index (κ2) is 6.96. The minimum Gasteiger partial charge on any atom is -0.496 e. The number of benzene rings is 2. The summed E-state index contributed by atoms with van der Waals surface area (Å²) in [4.78, 5) is 16.7. The zero-order valence-electron chi connectivity index (χ0n) is 14.2. The molecule has 1 aliphatic heterocycles. The van der Waals surface area contributed by atoms with Crippen LogP contribution in [0.3, 0.4) is 0 Å². The summed E-state index contributed by atoms with van der Waals surface area (Å²) in [6.07, 6.45) is 0.781. The molecule has 0 N–H and O–H groups in total. The lowest BCUT2D eigenvalue weighted by atomic mass is 9.97. The van der Waals surface area contributed by atoms with E-state index in [0.717, 1.165) is 29.0 Å². The number of halogens is 1. The summed E-state index contributed by atoms with van der Waals surface area (Å²) in [6.45, 7) is 0.615. The van der Waals surface area contributed by atoms with Crippen LogP contribution in [0.2, 0.25) is 0 Å². The van der Waals surface area contributed by atoms with E-state index in [-0.39, 0.29) is 11.5 Å². The number of aryl methyl sites for hydroxylation is 1. The van der Waals surface area contributed by atoms with Crippen LogP contribution in [0.25, 0.3) is 11.3 Å². The average Bonchev–Trinajstić information content (AvgIpc) is 2.66. The minimum absolute atomic E-state index is 0.249. The van der Waals surface area contributed by atoms with Crippen LogP contribution in [-0.4, -0.2) is 16.7 Å². The van der Waals surface area contributed by atoms with E-state index in [4.69, 9.17) is 4.74 Å². The number of thioether (sulfide) groups is 1. The lowest BCUT2D eigenvalue weighted by molar-refractivity contribution is 0.414. The Bertz CT molecular complexity index is 1000. The smallest absolute Gasteiger partial charge is 0.349 e. The van der Waals surface area contributed by atoms with Crippen molar-refractivity contribution in [3.8, 4) is 17.0 Å². The summed E-state index contributed by atoms with van der Waals surface area (Å²) in [5.74, 6) is 1.12. The molecule has 0 atom stereocenters. The maximum Gasteiger partial charge on any atom is 0.349 e. The van der Waals surface area contributed by atoms with Crippen molar-refractivity contribution in [2.45, 2.75) is 23.7 Å². The summed E-state index contributed by atoms with van der Waals surface area (Å²) < 4.78 is 20.2. The van der Waals surface area contributed by atoms with E-state index >= 15 is 0 Å². The van der Waals surface area contributed by atoms with Crippen molar-refractivity contribution in [3.05, 3.63) is 76.0 Å². The van der Waals surface area contributed by atoms with E-state index in [9.17, 15) is 9.18 Å². The van der Waals surface area contributed by atoms with Crippen molar-refractivity contribution in [1.82, 2.24) is 9.55 Å². The standard InChI is InChI=1S/C20H17FN2O2S/c1-25-17-4-2-3-14-9-10-23-16(19(14)17)11-18(22-20(23)24)26-12-13-5-7-15(21)8-6-13/h2-8,11H,9-10,12H2,1H3. The van der Waals surface area contributed by atoms with Gasteiger partial charge in [-0.3, -0.25) is 4.57 Å². The zero-order chi connectivity index (χ0) is 18.1. The fourth-order valence-electron chi connectivity index (χ4n) is 3.20. The molecule has 0 spiro atoms. The third kappa shape index (κ3) is 3.12. The molecule has 26 heavy (non-hydrogen) atoms. The summed E-state index contributed by atoms with van der Waals surface area (Å²) in [7, 11) is 1.64. The van der Waals surface area contributed by atoms with Gasteiger partial charge in [-0.1, -0.05) is 24.3 Å². The molecule has 0 radical (unpaired) electrons. The largest absolute Gasteiger partial charge is 0.496 e. The molecule has 0 fully saturated rings. The molecule has 1 aromatic heterocycles. The highest BCUT2D eigenvalue weighted by Crippen LogP contribution is 2.37. The number of rotatable bonds is 4. The SMILES string of the molecule is COc1cccc2c1-c1cc(SCc3ccc(F)cc3)nc(=O)n1CC2. The van der Waals surface area contributed by atoms with Crippen LogP contribution >= 0.6 is 11.8 Å². The summed E-state index contributed by atoms with van der Waals surface area (Å²) in [5, 5.41) is 0.657. The lowest BCUT2D eigenvalue weighted by Crippen LogP contribution is -2.28. The Morgan fingerprint density at radius 3 is 2.81 bits per heavy atom. The molecule has 0 aliphatic carbocycles. The molecule has 0 amide bonds. The van der Waals surface area contributed by atoms with Gasteiger partial charge in [-0.05, 0) is 41.8 Å². The van der Waals surface area contributed by atoms with Crippen LogP contribution in [-0.2, 0) is 18.7 Å². The number of methoxy groups -OCH3 is 1. The maximum absolute atomic E-state index is 13.0. The van der Waals surface area contributed by atoms with Crippen LogP contribution in [0.15, 0.2) is 58.4 Å². The average molecular weight is 368 g/mol. The molecule has 3 aromatic rings. The van der Waals surface area contributed by atoms with Gasteiger partial charge in [0.15, 0.2) is 0 Å². The molecule has 0 saturated heterocycles. The first-order valence-corrected chi connectivity index (χ1v) is 9.29. The molecule has 0 saturated carbocycles. The van der Waals surface area contributed by atoms with Crippen LogP contribution < -0.4 is 10.4 Å². The Morgan fingerprint density at radius 2 is 2.04 bits per heavy atom. The highest BCUT2D eigenvalue weighted by Gasteiger charge is 2.22.